The molecule has 180 valence electrons. The number of unbranched alkanes of at least 4 members (excludes halogenated alkanes) is 5. The van der Waals surface area contributed by atoms with Crippen LogP contribution < -0.4 is 4.74 Å². The van der Waals surface area contributed by atoms with E-state index in [0.29, 0.717) is 5.92 Å². The Bertz CT molecular complexity index is 788. The first-order chi connectivity index (χ1) is 16.2. The van der Waals surface area contributed by atoms with Gasteiger partial charge in [-0.2, -0.15) is 0 Å². The van der Waals surface area contributed by atoms with Gasteiger partial charge in [0.2, 0.25) is 0 Å². The second-order valence-electron chi connectivity index (χ2n) is 9.36. The quantitative estimate of drug-likeness (QED) is 0.213. The van der Waals surface area contributed by atoms with Gasteiger partial charge >= 0.3 is 0 Å². The summed E-state index contributed by atoms with van der Waals surface area (Å²) in [6, 6.07) is 17.0. The minimum Gasteiger partial charge on any atom is -0.491 e. The number of ether oxygens (including phenoxy) is 3. The van der Waals surface area contributed by atoms with E-state index < -0.39 is 0 Å². The van der Waals surface area contributed by atoms with Gasteiger partial charge in [0.15, 0.2) is 6.29 Å². The lowest BCUT2D eigenvalue weighted by Crippen LogP contribution is -2.27. The van der Waals surface area contributed by atoms with Crippen molar-refractivity contribution < 1.29 is 14.2 Å². The summed E-state index contributed by atoms with van der Waals surface area (Å²) >= 11 is 0. The molecule has 0 aromatic heterocycles. The van der Waals surface area contributed by atoms with Crippen molar-refractivity contribution in [2.24, 2.45) is 5.92 Å². The molecule has 0 radical (unpaired) electrons. The maximum atomic E-state index is 6.09. The highest BCUT2D eigenvalue weighted by Gasteiger charge is 2.23. The Labute approximate surface area is 201 Å². The highest BCUT2D eigenvalue weighted by Crippen LogP contribution is 2.30. The van der Waals surface area contributed by atoms with Gasteiger partial charge < -0.3 is 14.2 Å². The first kappa shape index (κ1) is 25.5. The molecule has 0 unspecified atom stereocenters. The van der Waals surface area contributed by atoms with Gasteiger partial charge in [0, 0.05) is 11.5 Å². The topological polar surface area (TPSA) is 27.7 Å². The molecule has 33 heavy (non-hydrogen) atoms. The zero-order valence-electron chi connectivity index (χ0n) is 20.6. The average molecular weight is 451 g/mol. The molecule has 2 aromatic rings. The first-order valence-electron chi connectivity index (χ1n) is 12.9. The number of rotatable bonds is 14. The highest BCUT2D eigenvalue weighted by molar-refractivity contribution is 5.64. The predicted octanol–water partition coefficient (Wildman–Crippen LogP) is 8.50. The molecule has 1 fully saturated rings. The Hall–Kier alpha value is -2.10. The van der Waals surface area contributed by atoms with Gasteiger partial charge in [0.05, 0.1) is 19.3 Å². The van der Waals surface area contributed by atoms with Crippen LogP contribution in [0.5, 0.6) is 5.75 Å². The Morgan fingerprint density at radius 1 is 0.909 bits per heavy atom. The third-order valence-corrected chi connectivity index (χ3v) is 6.41. The van der Waals surface area contributed by atoms with Crippen LogP contribution in [0.3, 0.4) is 0 Å². The summed E-state index contributed by atoms with van der Waals surface area (Å²) < 4.78 is 18.1. The van der Waals surface area contributed by atoms with Crippen LogP contribution in [0.15, 0.2) is 61.2 Å². The van der Waals surface area contributed by atoms with E-state index in [2.05, 4.69) is 69.0 Å². The minimum absolute atomic E-state index is 0.252. The lowest BCUT2D eigenvalue weighted by molar-refractivity contribution is -0.206. The second kappa shape index (κ2) is 14.2. The summed E-state index contributed by atoms with van der Waals surface area (Å²) in [4.78, 5) is 0. The van der Waals surface area contributed by atoms with E-state index in [1.807, 2.05) is 6.08 Å². The normalized spacial score (nSPS) is 19.2. The van der Waals surface area contributed by atoms with Gasteiger partial charge in [0.25, 0.3) is 0 Å². The largest absolute Gasteiger partial charge is 0.491 e. The van der Waals surface area contributed by atoms with Gasteiger partial charge in [-0.1, -0.05) is 75.1 Å². The zero-order valence-corrected chi connectivity index (χ0v) is 20.6. The van der Waals surface area contributed by atoms with E-state index in [-0.39, 0.29) is 12.4 Å². The number of benzene rings is 2. The van der Waals surface area contributed by atoms with Gasteiger partial charge in [-0.05, 0) is 62.3 Å². The van der Waals surface area contributed by atoms with Crippen molar-refractivity contribution in [3.8, 4) is 16.9 Å². The molecule has 1 aliphatic rings. The minimum atomic E-state index is -0.252. The fraction of sp³-hybridized carbons (Fsp3) is 0.533. The smallest absolute Gasteiger partial charge is 0.183 e. The Kier molecular flexibility index (Phi) is 11.0. The van der Waals surface area contributed by atoms with Crippen LogP contribution >= 0.6 is 0 Å². The number of hydrogen-bond acceptors (Lipinski definition) is 3. The van der Waals surface area contributed by atoms with Gasteiger partial charge in [-0.15, -0.1) is 6.58 Å². The molecular formula is C30H42O3. The van der Waals surface area contributed by atoms with Crippen LogP contribution in [0.25, 0.3) is 11.1 Å². The van der Waals surface area contributed by atoms with Crippen molar-refractivity contribution in [2.45, 2.75) is 84.0 Å². The molecule has 0 saturated carbocycles. The summed E-state index contributed by atoms with van der Waals surface area (Å²) in [5, 5.41) is 0. The maximum Gasteiger partial charge on any atom is 0.183 e. The van der Waals surface area contributed by atoms with Gasteiger partial charge in [-0.25, -0.2) is 0 Å². The van der Waals surface area contributed by atoms with Crippen LogP contribution in [0.1, 0.15) is 83.5 Å². The van der Waals surface area contributed by atoms with Crippen LogP contribution in [0, 0.1) is 5.92 Å². The van der Waals surface area contributed by atoms with Crippen molar-refractivity contribution in [3.05, 3.63) is 66.7 Å². The van der Waals surface area contributed by atoms with Crippen LogP contribution in [0.4, 0.5) is 0 Å². The standard InChI is InChI=1S/C30H42O3/c1-4-6-8-10-12-24(3)33-29-20-18-27(19-21-29)26-14-16-28(17-15-26)30-31-22-25(23-32-30)13-11-9-7-5-2/h5,14-21,24-25,30H,2,4,6-13,22-23H2,1,3H3/t24-,25?,30?/m0/s1. The summed E-state index contributed by atoms with van der Waals surface area (Å²) in [5.41, 5.74) is 3.46. The van der Waals surface area contributed by atoms with Crippen molar-refractivity contribution in [2.75, 3.05) is 13.2 Å². The highest BCUT2D eigenvalue weighted by atomic mass is 16.7. The summed E-state index contributed by atoms with van der Waals surface area (Å²) in [6.45, 7) is 9.75. The van der Waals surface area contributed by atoms with E-state index in [1.54, 1.807) is 0 Å². The fourth-order valence-corrected chi connectivity index (χ4v) is 4.33. The van der Waals surface area contributed by atoms with Gasteiger partial charge in [0.1, 0.15) is 5.75 Å². The molecule has 0 amide bonds. The predicted molar refractivity (Wildman–Crippen MR) is 138 cm³/mol. The maximum absolute atomic E-state index is 6.09. The number of hydrogen-bond donors (Lipinski definition) is 0. The van der Waals surface area contributed by atoms with Crippen molar-refractivity contribution >= 4 is 0 Å². The third-order valence-electron chi connectivity index (χ3n) is 6.41. The molecule has 0 spiro atoms. The average Bonchev–Trinajstić information content (AvgIpc) is 2.86. The van der Waals surface area contributed by atoms with E-state index >= 15 is 0 Å². The third kappa shape index (κ3) is 8.64. The van der Waals surface area contributed by atoms with Crippen molar-refractivity contribution in [1.29, 1.82) is 0 Å². The first-order valence-corrected chi connectivity index (χ1v) is 12.9. The molecular weight excluding hydrogens is 408 g/mol. The lowest BCUT2D eigenvalue weighted by Gasteiger charge is -2.29. The molecule has 1 aliphatic heterocycles. The molecule has 0 bridgehead atoms. The van der Waals surface area contributed by atoms with Gasteiger partial charge in [-0.3, -0.25) is 0 Å². The summed E-state index contributed by atoms with van der Waals surface area (Å²) in [7, 11) is 0. The van der Waals surface area contributed by atoms with E-state index in [9.17, 15) is 0 Å². The number of allylic oxidation sites excluding steroid dienone is 1. The lowest BCUT2D eigenvalue weighted by atomic mass is 10.0. The molecule has 3 heteroatoms. The Morgan fingerprint density at radius 2 is 1.58 bits per heavy atom. The Morgan fingerprint density at radius 3 is 2.21 bits per heavy atom. The molecule has 1 atom stereocenters. The summed E-state index contributed by atoms with van der Waals surface area (Å²) in [6.07, 6.45) is 12.9. The zero-order chi connectivity index (χ0) is 23.3. The molecule has 0 N–H and O–H groups in total. The molecule has 1 saturated heterocycles. The molecule has 3 rings (SSSR count). The van der Waals surface area contributed by atoms with E-state index in [0.717, 1.165) is 43.8 Å². The molecule has 2 aromatic carbocycles. The fourth-order valence-electron chi connectivity index (χ4n) is 4.33. The monoisotopic (exact) mass is 450 g/mol. The Balaban J connectivity index is 1.45. The molecule has 3 nitrogen and oxygen atoms in total. The second-order valence-corrected chi connectivity index (χ2v) is 9.36. The van der Waals surface area contributed by atoms with Crippen molar-refractivity contribution in [1.82, 2.24) is 0 Å². The van der Waals surface area contributed by atoms with Crippen LogP contribution in [-0.2, 0) is 9.47 Å². The van der Waals surface area contributed by atoms with Crippen molar-refractivity contribution in [3.63, 3.8) is 0 Å². The SMILES string of the molecule is C=CCCCCC1COC(c2ccc(-c3ccc(O[C@@H](C)CCCCCC)cc3)cc2)OC1. The molecule has 1 heterocycles. The van der Waals surface area contributed by atoms with Crippen LogP contribution in [-0.4, -0.2) is 19.3 Å². The van der Waals surface area contributed by atoms with E-state index in [4.69, 9.17) is 14.2 Å². The van der Waals surface area contributed by atoms with E-state index in [1.165, 1.54) is 49.7 Å². The summed E-state index contributed by atoms with van der Waals surface area (Å²) in [5.74, 6) is 1.45. The van der Waals surface area contributed by atoms with Crippen LogP contribution in [0.2, 0.25) is 0 Å². The molecule has 0 aliphatic carbocycles.